The predicted octanol–water partition coefficient (Wildman–Crippen LogP) is 19.9. The fourth-order valence-electron chi connectivity index (χ4n) is 7.85. The summed E-state index contributed by atoms with van der Waals surface area (Å²) in [5.41, 5.74) is 0. The van der Waals surface area contributed by atoms with E-state index in [1.807, 2.05) is 6.08 Å². The summed E-state index contributed by atoms with van der Waals surface area (Å²) in [6.45, 7) is 6.42. The maximum absolute atomic E-state index is 12.9. The van der Waals surface area contributed by atoms with E-state index in [1.54, 1.807) is 0 Å². The van der Waals surface area contributed by atoms with Gasteiger partial charge in [-0.25, -0.2) is 0 Å². The van der Waals surface area contributed by atoms with Crippen molar-refractivity contribution in [2.24, 2.45) is 0 Å². The van der Waals surface area contributed by atoms with Gasteiger partial charge in [0.15, 0.2) is 6.10 Å². The largest absolute Gasteiger partial charge is 0.462 e. The number of unbranched alkanes of at least 4 members (excludes halogenated alkanes) is 23. The number of rotatable bonds is 52. The maximum atomic E-state index is 12.9. The summed E-state index contributed by atoms with van der Waals surface area (Å²) in [6.07, 6.45) is 79.4. The van der Waals surface area contributed by atoms with Gasteiger partial charge in [-0.2, -0.15) is 0 Å². The highest BCUT2D eigenvalue weighted by atomic mass is 16.6. The minimum Gasteiger partial charge on any atom is -0.462 e. The molecular formula is C65H108O6. The highest BCUT2D eigenvalue weighted by Gasteiger charge is 2.19. The Balaban J connectivity index is 4.51. The molecule has 0 radical (unpaired) electrons. The molecule has 0 aromatic heterocycles. The van der Waals surface area contributed by atoms with Crippen LogP contribution in [0.1, 0.15) is 265 Å². The van der Waals surface area contributed by atoms with Crippen LogP contribution in [0, 0.1) is 0 Å². The third kappa shape index (κ3) is 56.9. The molecule has 0 heterocycles. The molecule has 0 aliphatic heterocycles. The second-order valence-corrected chi connectivity index (χ2v) is 19.2. The molecule has 0 unspecified atom stereocenters. The van der Waals surface area contributed by atoms with Gasteiger partial charge in [0.1, 0.15) is 13.2 Å². The van der Waals surface area contributed by atoms with Gasteiger partial charge in [-0.3, -0.25) is 14.4 Å². The zero-order valence-corrected chi connectivity index (χ0v) is 46.2. The third-order valence-corrected chi connectivity index (χ3v) is 12.2. The van der Waals surface area contributed by atoms with E-state index in [2.05, 4.69) is 124 Å². The summed E-state index contributed by atoms with van der Waals surface area (Å²) in [5, 5.41) is 0. The SMILES string of the molecule is CC/C=C\C/C=C\C/C=C\C/C=C\C/C=C\C/C=C\CCC(=O)OC[C@H](COC(=O)CCCCCCCCC/C=C\CCCCCC)OC(=O)CCCCCCCCCCC/C=C\C/C=C\CCCCC. The van der Waals surface area contributed by atoms with Crippen LogP contribution in [0.4, 0.5) is 0 Å². The van der Waals surface area contributed by atoms with E-state index in [0.29, 0.717) is 19.3 Å². The third-order valence-electron chi connectivity index (χ3n) is 12.2. The number of ether oxygens (including phenoxy) is 3. The van der Waals surface area contributed by atoms with Crippen molar-refractivity contribution in [3.05, 3.63) is 109 Å². The summed E-state index contributed by atoms with van der Waals surface area (Å²) in [6, 6.07) is 0. The lowest BCUT2D eigenvalue weighted by atomic mass is 10.1. The average Bonchev–Trinajstić information content (AvgIpc) is 3.37. The first-order valence-electron chi connectivity index (χ1n) is 29.4. The highest BCUT2D eigenvalue weighted by molar-refractivity contribution is 5.71. The molecule has 0 saturated carbocycles. The monoisotopic (exact) mass is 985 g/mol. The van der Waals surface area contributed by atoms with E-state index < -0.39 is 6.10 Å². The van der Waals surface area contributed by atoms with Crippen LogP contribution in [0.3, 0.4) is 0 Å². The molecule has 0 amide bonds. The van der Waals surface area contributed by atoms with Gasteiger partial charge >= 0.3 is 17.9 Å². The first-order valence-corrected chi connectivity index (χ1v) is 29.4. The Morgan fingerprint density at radius 1 is 0.296 bits per heavy atom. The summed E-state index contributed by atoms with van der Waals surface area (Å²) >= 11 is 0. The Kier molecular flexibility index (Phi) is 55.4. The summed E-state index contributed by atoms with van der Waals surface area (Å²) in [4.78, 5) is 38.2. The molecule has 0 aliphatic carbocycles. The predicted molar refractivity (Wildman–Crippen MR) is 307 cm³/mol. The van der Waals surface area contributed by atoms with Gasteiger partial charge in [-0.05, 0) is 116 Å². The van der Waals surface area contributed by atoms with Crippen molar-refractivity contribution in [3.63, 3.8) is 0 Å². The van der Waals surface area contributed by atoms with Crippen molar-refractivity contribution in [3.8, 4) is 0 Å². The number of hydrogen-bond acceptors (Lipinski definition) is 6. The minimum absolute atomic E-state index is 0.106. The molecule has 0 aliphatic rings. The van der Waals surface area contributed by atoms with Crippen LogP contribution in [-0.2, 0) is 28.6 Å². The molecule has 0 bridgehead atoms. The van der Waals surface area contributed by atoms with Gasteiger partial charge in [0.05, 0.1) is 0 Å². The van der Waals surface area contributed by atoms with Crippen LogP contribution in [-0.4, -0.2) is 37.2 Å². The van der Waals surface area contributed by atoms with E-state index in [1.165, 1.54) is 135 Å². The number of allylic oxidation sites excluding steroid dienone is 18. The fraction of sp³-hybridized carbons (Fsp3) is 0.677. The van der Waals surface area contributed by atoms with Gasteiger partial charge in [0, 0.05) is 19.3 Å². The van der Waals surface area contributed by atoms with Crippen LogP contribution >= 0.6 is 0 Å². The molecule has 0 aromatic rings. The molecule has 0 rings (SSSR count). The summed E-state index contributed by atoms with van der Waals surface area (Å²) < 4.78 is 16.8. The van der Waals surface area contributed by atoms with Crippen LogP contribution < -0.4 is 0 Å². The molecule has 1 atom stereocenters. The number of hydrogen-bond donors (Lipinski definition) is 0. The normalized spacial score (nSPS) is 12.9. The Hall–Kier alpha value is -3.93. The van der Waals surface area contributed by atoms with E-state index in [-0.39, 0.29) is 37.5 Å². The minimum atomic E-state index is -0.815. The summed E-state index contributed by atoms with van der Waals surface area (Å²) in [5.74, 6) is -1.00. The van der Waals surface area contributed by atoms with Crippen LogP contribution in [0.15, 0.2) is 109 Å². The Labute approximate surface area is 438 Å². The maximum Gasteiger partial charge on any atom is 0.306 e. The molecule has 71 heavy (non-hydrogen) atoms. The van der Waals surface area contributed by atoms with E-state index in [9.17, 15) is 14.4 Å². The standard InChI is InChI=1S/C65H108O6/c1-4-7-10-13-16-19-22-25-28-30-32-34-37-40-43-46-49-52-55-58-64(67)70-61-62(60-69-63(66)57-54-51-48-45-42-39-36-27-24-21-18-15-12-9-6-3)71-65(68)59-56-53-50-47-44-41-38-35-33-31-29-26-23-20-17-14-11-8-5-2/h7,10,16-17,19-21,24-26,28-29,32,34,40,43,49,52,62H,4-6,8-9,11-15,18,22-23,27,30-31,33,35-39,41-42,44-48,50-51,53-61H2,1-3H3/b10-7-,19-16-,20-17-,24-21-,28-25-,29-26-,34-32-,43-40-,52-49-/t62-/m0/s1. The van der Waals surface area contributed by atoms with E-state index in [4.69, 9.17) is 14.2 Å². The van der Waals surface area contributed by atoms with E-state index in [0.717, 1.165) is 83.5 Å². The van der Waals surface area contributed by atoms with Crippen molar-refractivity contribution < 1.29 is 28.6 Å². The zero-order valence-electron chi connectivity index (χ0n) is 46.2. The van der Waals surface area contributed by atoms with Gasteiger partial charge in [-0.15, -0.1) is 0 Å². The van der Waals surface area contributed by atoms with Crippen LogP contribution in [0.2, 0.25) is 0 Å². The molecule has 6 heteroatoms. The lowest BCUT2D eigenvalue weighted by Crippen LogP contribution is -2.30. The molecule has 404 valence electrons. The first kappa shape index (κ1) is 67.1. The van der Waals surface area contributed by atoms with Crippen LogP contribution in [0.5, 0.6) is 0 Å². The zero-order chi connectivity index (χ0) is 51.4. The molecule has 0 aromatic carbocycles. The summed E-state index contributed by atoms with van der Waals surface area (Å²) in [7, 11) is 0. The smallest absolute Gasteiger partial charge is 0.306 e. The number of carbonyl (C=O) groups is 3. The van der Waals surface area contributed by atoms with E-state index >= 15 is 0 Å². The van der Waals surface area contributed by atoms with Gasteiger partial charge in [-0.1, -0.05) is 239 Å². The molecule has 0 fully saturated rings. The van der Waals surface area contributed by atoms with Gasteiger partial charge < -0.3 is 14.2 Å². The van der Waals surface area contributed by atoms with Crippen molar-refractivity contribution in [1.29, 1.82) is 0 Å². The van der Waals surface area contributed by atoms with Crippen molar-refractivity contribution in [2.75, 3.05) is 13.2 Å². The average molecular weight is 986 g/mol. The topological polar surface area (TPSA) is 78.9 Å². The van der Waals surface area contributed by atoms with Crippen molar-refractivity contribution >= 4 is 17.9 Å². The first-order chi connectivity index (χ1) is 35.0. The van der Waals surface area contributed by atoms with Gasteiger partial charge in [0.2, 0.25) is 0 Å². The van der Waals surface area contributed by atoms with Crippen LogP contribution in [0.25, 0.3) is 0 Å². The molecule has 0 saturated heterocycles. The molecule has 6 nitrogen and oxygen atoms in total. The second kappa shape index (κ2) is 58.6. The Bertz CT molecular complexity index is 1460. The second-order valence-electron chi connectivity index (χ2n) is 19.2. The molecule has 0 N–H and O–H groups in total. The number of carbonyl (C=O) groups excluding carboxylic acids is 3. The highest BCUT2D eigenvalue weighted by Crippen LogP contribution is 2.15. The molecule has 0 spiro atoms. The Morgan fingerprint density at radius 3 is 0.986 bits per heavy atom. The quantitative estimate of drug-likeness (QED) is 0.0261. The fourth-order valence-corrected chi connectivity index (χ4v) is 7.85. The number of esters is 3. The van der Waals surface area contributed by atoms with Crippen molar-refractivity contribution in [2.45, 2.75) is 271 Å². The van der Waals surface area contributed by atoms with Crippen molar-refractivity contribution in [1.82, 2.24) is 0 Å². The lowest BCUT2D eigenvalue weighted by molar-refractivity contribution is -0.166. The lowest BCUT2D eigenvalue weighted by Gasteiger charge is -2.18. The Morgan fingerprint density at radius 2 is 0.577 bits per heavy atom. The molecular weight excluding hydrogens is 877 g/mol. The van der Waals surface area contributed by atoms with Gasteiger partial charge in [0.25, 0.3) is 0 Å².